The van der Waals surface area contributed by atoms with Crippen molar-refractivity contribution >= 4 is 57.3 Å². The molecule has 1 fully saturated rings. The number of nitrogens with zero attached hydrogens (tertiary/aromatic N) is 1. The standard InChI is InChI=1S/C25H24ClN3O4S/c26-14-9-11-15(12-10-14)27-22(31)21-18-7-3-4-8-19(18)34-23(21)28-20(30)13-29-24(32)16-5-1-2-6-17(16)25(29)33/h1-2,9-12,16-17H,3-8,13H2,(H,27,31)(H,28,30)/t16-,17+. The third-order valence-electron chi connectivity index (χ3n) is 6.65. The van der Waals surface area contributed by atoms with Crippen LogP contribution in [0.4, 0.5) is 10.7 Å². The molecule has 0 radical (unpaired) electrons. The number of carbonyl (C=O) groups is 4. The number of imide groups is 1. The van der Waals surface area contributed by atoms with Gasteiger partial charge in [-0.1, -0.05) is 23.8 Å². The fourth-order valence-corrected chi connectivity index (χ4v) is 6.38. The monoisotopic (exact) mass is 497 g/mol. The zero-order valence-corrected chi connectivity index (χ0v) is 20.0. The molecule has 2 N–H and O–H groups in total. The largest absolute Gasteiger partial charge is 0.322 e. The Morgan fingerprint density at radius 1 is 0.971 bits per heavy atom. The van der Waals surface area contributed by atoms with Crippen molar-refractivity contribution in [2.45, 2.75) is 38.5 Å². The van der Waals surface area contributed by atoms with E-state index in [0.29, 0.717) is 34.1 Å². The van der Waals surface area contributed by atoms with Gasteiger partial charge in [0.1, 0.15) is 11.5 Å². The van der Waals surface area contributed by atoms with Gasteiger partial charge in [0.25, 0.3) is 5.91 Å². The minimum atomic E-state index is -0.479. The number of aryl methyl sites for hydroxylation is 1. The Bertz CT molecular complexity index is 1180. The predicted molar refractivity (Wildman–Crippen MR) is 131 cm³/mol. The summed E-state index contributed by atoms with van der Waals surface area (Å²) in [5, 5.41) is 6.75. The average Bonchev–Trinajstić information content (AvgIpc) is 3.31. The summed E-state index contributed by atoms with van der Waals surface area (Å²) in [6.07, 6.45) is 8.52. The molecule has 4 amide bonds. The highest BCUT2D eigenvalue weighted by Crippen LogP contribution is 2.39. The second-order valence-corrected chi connectivity index (χ2v) is 10.4. The number of nitrogens with one attached hydrogen (secondary N) is 2. The van der Waals surface area contributed by atoms with E-state index in [1.807, 2.05) is 12.2 Å². The number of likely N-dealkylation sites (tertiary alicyclic amines) is 1. The van der Waals surface area contributed by atoms with E-state index in [2.05, 4.69) is 10.6 Å². The van der Waals surface area contributed by atoms with E-state index in [4.69, 9.17) is 11.6 Å². The smallest absolute Gasteiger partial charge is 0.258 e. The van der Waals surface area contributed by atoms with Crippen molar-refractivity contribution in [3.8, 4) is 0 Å². The Kier molecular flexibility index (Phi) is 6.27. The van der Waals surface area contributed by atoms with Crippen molar-refractivity contribution in [3.05, 3.63) is 57.4 Å². The Balaban J connectivity index is 1.35. The van der Waals surface area contributed by atoms with Gasteiger partial charge in [0, 0.05) is 15.6 Å². The van der Waals surface area contributed by atoms with Crippen molar-refractivity contribution in [3.63, 3.8) is 0 Å². The number of halogens is 1. The van der Waals surface area contributed by atoms with Crippen LogP contribution in [0.25, 0.3) is 0 Å². The Morgan fingerprint density at radius 2 is 1.62 bits per heavy atom. The molecule has 5 rings (SSSR count). The maximum atomic E-state index is 13.2. The highest BCUT2D eigenvalue weighted by molar-refractivity contribution is 7.17. The topological polar surface area (TPSA) is 95.6 Å². The summed E-state index contributed by atoms with van der Waals surface area (Å²) >= 11 is 7.34. The molecule has 176 valence electrons. The van der Waals surface area contributed by atoms with E-state index in [0.717, 1.165) is 41.0 Å². The lowest BCUT2D eigenvalue weighted by Gasteiger charge is -2.15. The molecule has 2 aliphatic carbocycles. The summed E-state index contributed by atoms with van der Waals surface area (Å²) in [4.78, 5) is 53.8. The van der Waals surface area contributed by atoms with Gasteiger partial charge >= 0.3 is 0 Å². The number of allylic oxidation sites excluding steroid dienone is 2. The van der Waals surface area contributed by atoms with E-state index >= 15 is 0 Å². The highest BCUT2D eigenvalue weighted by Gasteiger charge is 2.47. The van der Waals surface area contributed by atoms with Crippen LogP contribution in [-0.2, 0) is 27.2 Å². The molecular weight excluding hydrogens is 474 g/mol. The number of benzene rings is 1. The number of carbonyl (C=O) groups excluding carboxylic acids is 4. The molecule has 1 saturated heterocycles. The van der Waals surface area contributed by atoms with Crippen molar-refractivity contribution < 1.29 is 19.2 Å². The first kappa shape index (κ1) is 22.8. The number of thiophene rings is 1. The van der Waals surface area contributed by atoms with Crippen LogP contribution in [0.5, 0.6) is 0 Å². The SMILES string of the molecule is O=C(CN1C(=O)[C@H]2CC=CC[C@H]2C1=O)Nc1sc2c(c1C(=O)Nc1ccc(Cl)cc1)CCCC2. The maximum Gasteiger partial charge on any atom is 0.258 e. The second kappa shape index (κ2) is 9.35. The molecule has 0 unspecified atom stereocenters. The molecule has 7 nitrogen and oxygen atoms in total. The van der Waals surface area contributed by atoms with Crippen LogP contribution in [0.2, 0.25) is 5.02 Å². The molecule has 34 heavy (non-hydrogen) atoms. The van der Waals surface area contributed by atoms with Crippen LogP contribution in [0, 0.1) is 11.8 Å². The number of fused-ring (bicyclic) bond motifs is 2. The summed E-state index contributed by atoms with van der Waals surface area (Å²) in [5.41, 5.74) is 2.02. The molecule has 1 aliphatic heterocycles. The van der Waals surface area contributed by atoms with Gasteiger partial charge in [0.05, 0.1) is 17.4 Å². The number of hydrogen-bond donors (Lipinski definition) is 2. The van der Waals surface area contributed by atoms with Crippen molar-refractivity contribution in [2.24, 2.45) is 11.8 Å². The van der Waals surface area contributed by atoms with Gasteiger partial charge in [-0.25, -0.2) is 0 Å². The molecule has 2 aromatic rings. The first-order valence-electron chi connectivity index (χ1n) is 11.4. The molecule has 0 saturated carbocycles. The summed E-state index contributed by atoms with van der Waals surface area (Å²) in [6, 6.07) is 6.83. The average molecular weight is 498 g/mol. The maximum absolute atomic E-state index is 13.2. The van der Waals surface area contributed by atoms with E-state index in [1.54, 1.807) is 24.3 Å². The molecular formula is C25H24ClN3O4S. The van der Waals surface area contributed by atoms with Gasteiger partial charge in [0.2, 0.25) is 17.7 Å². The zero-order valence-electron chi connectivity index (χ0n) is 18.4. The third kappa shape index (κ3) is 4.28. The molecule has 0 bridgehead atoms. The van der Waals surface area contributed by atoms with Gasteiger partial charge < -0.3 is 10.6 Å². The second-order valence-electron chi connectivity index (χ2n) is 8.84. The summed E-state index contributed by atoms with van der Waals surface area (Å²) in [5.74, 6) is -2.11. The van der Waals surface area contributed by atoms with Crippen molar-refractivity contribution in [1.29, 1.82) is 0 Å². The fraction of sp³-hybridized carbons (Fsp3) is 0.360. The lowest BCUT2D eigenvalue weighted by molar-refractivity contribution is -0.142. The summed E-state index contributed by atoms with van der Waals surface area (Å²) in [6.45, 7) is -0.342. The van der Waals surface area contributed by atoms with Crippen LogP contribution in [-0.4, -0.2) is 35.1 Å². The van der Waals surface area contributed by atoms with Gasteiger partial charge in [-0.2, -0.15) is 0 Å². The van der Waals surface area contributed by atoms with Gasteiger partial charge in [-0.15, -0.1) is 11.3 Å². The number of amides is 4. The van der Waals surface area contributed by atoms with Crippen LogP contribution in [0.1, 0.15) is 46.5 Å². The third-order valence-corrected chi connectivity index (χ3v) is 8.11. The first-order chi connectivity index (χ1) is 16.4. The minimum absolute atomic E-state index is 0.291. The normalized spacial score (nSPS) is 21.3. The molecule has 9 heteroatoms. The molecule has 2 atom stereocenters. The van der Waals surface area contributed by atoms with Crippen LogP contribution < -0.4 is 10.6 Å². The molecule has 1 aromatic heterocycles. The minimum Gasteiger partial charge on any atom is -0.322 e. The number of hydrogen-bond acceptors (Lipinski definition) is 5. The van der Waals surface area contributed by atoms with Crippen molar-refractivity contribution in [1.82, 2.24) is 4.90 Å². The van der Waals surface area contributed by atoms with Gasteiger partial charge in [-0.05, 0) is 68.4 Å². The molecule has 3 aliphatic rings. The van der Waals surface area contributed by atoms with Crippen LogP contribution in [0.15, 0.2) is 36.4 Å². The Hall–Kier alpha value is -2.97. The quantitative estimate of drug-likeness (QED) is 0.472. The van der Waals surface area contributed by atoms with E-state index in [1.165, 1.54) is 11.3 Å². The van der Waals surface area contributed by atoms with Crippen LogP contribution in [0.3, 0.4) is 0 Å². The Labute approximate surface area is 206 Å². The lowest BCUT2D eigenvalue weighted by atomic mass is 9.85. The fourth-order valence-electron chi connectivity index (χ4n) is 4.96. The lowest BCUT2D eigenvalue weighted by Crippen LogP contribution is -2.38. The van der Waals surface area contributed by atoms with E-state index in [9.17, 15) is 19.2 Å². The summed E-state index contributed by atoms with van der Waals surface area (Å²) in [7, 11) is 0. The Morgan fingerprint density at radius 3 is 2.29 bits per heavy atom. The van der Waals surface area contributed by atoms with Gasteiger partial charge in [0.15, 0.2) is 0 Å². The molecule has 2 heterocycles. The van der Waals surface area contributed by atoms with Crippen molar-refractivity contribution in [2.75, 3.05) is 17.2 Å². The first-order valence-corrected chi connectivity index (χ1v) is 12.6. The summed E-state index contributed by atoms with van der Waals surface area (Å²) < 4.78 is 0. The zero-order chi connectivity index (χ0) is 23.8. The molecule has 0 spiro atoms. The van der Waals surface area contributed by atoms with Gasteiger partial charge in [-0.3, -0.25) is 24.1 Å². The van der Waals surface area contributed by atoms with E-state index in [-0.39, 0.29) is 36.1 Å². The van der Waals surface area contributed by atoms with E-state index < -0.39 is 5.91 Å². The molecule has 1 aromatic carbocycles. The highest BCUT2D eigenvalue weighted by atomic mass is 35.5. The number of rotatable bonds is 5. The number of anilines is 2. The van der Waals surface area contributed by atoms with Crippen LogP contribution >= 0.6 is 22.9 Å². The predicted octanol–water partition coefficient (Wildman–Crippen LogP) is 4.42.